The van der Waals surface area contributed by atoms with E-state index in [1.54, 1.807) is 12.5 Å². The third-order valence-corrected chi connectivity index (χ3v) is 3.82. The van der Waals surface area contributed by atoms with E-state index in [1.165, 1.54) is 6.20 Å². The summed E-state index contributed by atoms with van der Waals surface area (Å²) in [5, 5.41) is 2.77. The van der Waals surface area contributed by atoms with E-state index in [0.717, 1.165) is 11.3 Å². The van der Waals surface area contributed by atoms with Crippen molar-refractivity contribution in [3.8, 4) is 5.69 Å². The Kier molecular flexibility index (Phi) is 4.74. The molecule has 0 aliphatic heterocycles. The van der Waals surface area contributed by atoms with Crippen LogP contribution >= 0.6 is 0 Å². The van der Waals surface area contributed by atoms with Crippen LogP contribution in [0.5, 0.6) is 0 Å². The second-order valence-corrected chi connectivity index (χ2v) is 5.95. The van der Waals surface area contributed by atoms with Crippen molar-refractivity contribution < 1.29 is 4.79 Å². The minimum atomic E-state index is -0.454. The first-order valence-corrected chi connectivity index (χ1v) is 8.00. The molecule has 2 N–H and O–H groups in total. The molecule has 0 saturated heterocycles. The third kappa shape index (κ3) is 3.65. The van der Waals surface area contributed by atoms with Gasteiger partial charge < -0.3 is 14.9 Å². The zero-order valence-corrected chi connectivity index (χ0v) is 14.1. The molecule has 0 fully saturated rings. The quantitative estimate of drug-likeness (QED) is 0.745. The van der Waals surface area contributed by atoms with Crippen LogP contribution in [-0.4, -0.2) is 25.4 Å². The van der Waals surface area contributed by atoms with Crippen LogP contribution in [0.1, 0.15) is 41.5 Å². The SMILES string of the molecule is CC(C)c1ncc(C(=O)NCc2ccccc2-n2ccnc2)c(=O)[nH]1. The van der Waals surface area contributed by atoms with E-state index in [2.05, 4.69) is 20.3 Å². The van der Waals surface area contributed by atoms with E-state index in [1.807, 2.05) is 48.9 Å². The molecular weight excluding hydrogens is 318 g/mol. The van der Waals surface area contributed by atoms with Gasteiger partial charge in [0.1, 0.15) is 11.4 Å². The second kappa shape index (κ2) is 7.12. The number of hydrogen-bond acceptors (Lipinski definition) is 4. The van der Waals surface area contributed by atoms with Crippen LogP contribution in [0.3, 0.4) is 0 Å². The molecule has 0 spiro atoms. The summed E-state index contributed by atoms with van der Waals surface area (Å²) in [7, 11) is 0. The number of aromatic nitrogens is 4. The fraction of sp³-hybridized carbons (Fsp3) is 0.222. The number of hydrogen-bond donors (Lipinski definition) is 2. The van der Waals surface area contributed by atoms with E-state index in [-0.39, 0.29) is 11.5 Å². The number of amides is 1. The monoisotopic (exact) mass is 337 g/mol. The first kappa shape index (κ1) is 16.6. The van der Waals surface area contributed by atoms with Crippen molar-refractivity contribution in [2.75, 3.05) is 0 Å². The van der Waals surface area contributed by atoms with Gasteiger partial charge in [0, 0.05) is 31.1 Å². The smallest absolute Gasteiger partial charge is 0.263 e. The molecule has 3 aromatic rings. The predicted molar refractivity (Wildman–Crippen MR) is 93.7 cm³/mol. The van der Waals surface area contributed by atoms with Crippen molar-refractivity contribution in [2.24, 2.45) is 0 Å². The fourth-order valence-corrected chi connectivity index (χ4v) is 2.45. The summed E-state index contributed by atoms with van der Waals surface area (Å²) in [6, 6.07) is 7.67. The molecule has 1 aromatic carbocycles. The minimum absolute atomic E-state index is 0.00418. The molecule has 0 saturated carbocycles. The van der Waals surface area contributed by atoms with E-state index in [9.17, 15) is 9.59 Å². The lowest BCUT2D eigenvalue weighted by Crippen LogP contribution is -2.30. The highest BCUT2D eigenvalue weighted by Gasteiger charge is 2.13. The van der Waals surface area contributed by atoms with Crippen molar-refractivity contribution in [2.45, 2.75) is 26.3 Å². The van der Waals surface area contributed by atoms with Gasteiger partial charge >= 0.3 is 0 Å². The number of aromatic amines is 1. The lowest BCUT2D eigenvalue weighted by atomic mass is 10.1. The zero-order chi connectivity index (χ0) is 17.8. The van der Waals surface area contributed by atoms with Gasteiger partial charge in [-0.15, -0.1) is 0 Å². The maximum atomic E-state index is 12.3. The third-order valence-electron chi connectivity index (χ3n) is 3.82. The zero-order valence-electron chi connectivity index (χ0n) is 14.1. The van der Waals surface area contributed by atoms with Crippen LogP contribution < -0.4 is 10.9 Å². The van der Waals surface area contributed by atoms with Crippen molar-refractivity contribution in [3.63, 3.8) is 0 Å². The maximum absolute atomic E-state index is 12.3. The number of para-hydroxylation sites is 1. The number of carbonyl (C=O) groups is 1. The van der Waals surface area contributed by atoms with E-state index in [4.69, 9.17) is 0 Å². The van der Waals surface area contributed by atoms with Gasteiger partial charge in [0.2, 0.25) is 0 Å². The van der Waals surface area contributed by atoms with Gasteiger partial charge in [0.25, 0.3) is 11.5 Å². The van der Waals surface area contributed by atoms with Crippen LogP contribution in [0.25, 0.3) is 5.69 Å². The highest BCUT2D eigenvalue weighted by atomic mass is 16.2. The van der Waals surface area contributed by atoms with Crippen LogP contribution in [0.15, 0.2) is 54.0 Å². The number of H-pyrrole nitrogens is 1. The van der Waals surface area contributed by atoms with Gasteiger partial charge in [-0.2, -0.15) is 0 Å². The summed E-state index contributed by atoms with van der Waals surface area (Å²) in [4.78, 5) is 35.2. The lowest BCUT2D eigenvalue weighted by molar-refractivity contribution is 0.0949. The average molecular weight is 337 g/mol. The topological polar surface area (TPSA) is 92.7 Å². The Hall–Kier alpha value is -3.22. The Morgan fingerprint density at radius 1 is 1.32 bits per heavy atom. The molecule has 3 rings (SSSR count). The highest BCUT2D eigenvalue weighted by Crippen LogP contribution is 2.14. The van der Waals surface area contributed by atoms with Crippen molar-refractivity contribution in [3.05, 3.63) is 76.5 Å². The Balaban J connectivity index is 1.77. The fourth-order valence-electron chi connectivity index (χ4n) is 2.45. The molecule has 0 atom stereocenters. The van der Waals surface area contributed by atoms with Crippen LogP contribution in [0.2, 0.25) is 0 Å². The first-order valence-electron chi connectivity index (χ1n) is 8.00. The highest BCUT2D eigenvalue weighted by molar-refractivity contribution is 5.93. The van der Waals surface area contributed by atoms with Gasteiger partial charge in [-0.05, 0) is 11.6 Å². The van der Waals surface area contributed by atoms with Gasteiger partial charge in [0.15, 0.2) is 0 Å². The van der Waals surface area contributed by atoms with Crippen molar-refractivity contribution in [1.82, 2.24) is 24.8 Å². The molecule has 0 radical (unpaired) electrons. The average Bonchev–Trinajstić information content (AvgIpc) is 3.14. The summed E-state index contributed by atoms with van der Waals surface area (Å²) in [5.41, 5.74) is 1.41. The standard InChI is InChI=1S/C18H19N5O2/c1-12(2)16-20-10-14(18(25)22-16)17(24)21-9-13-5-3-4-6-15(13)23-8-7-19-11-23/h3-8,10-12H,9H2,1-2H3,(H,21,24)(H,20,22,25). The largest absolute Gasteiger partial charge is 0.348 e. The van der Waals surface area contributed by atoms with Crippen molar-refractivity contribution in [1.29, 1.82) is 0 Å². The van der Waals surface area contributed by atoms with Gasteiger partial charge in [-0.25, -0.2) is 9.97 Å². The molecule has 25 heavy (non-hydrogen) atoms. The molecule has 7 heteroatoms. The molecule has 2 heterocycles. The summed E-state index contributed by atoms with van der Waals surface area (Å²) in [5.74, 6) is 0.198. The molecule has 0 aliphatic rings. The summed E-state index contributed by atoms with van der Waals surface area (Å²) in [6.45, 7) is 4.13. The molecule has 2 aromatic heterocycles. The molecule has 0 bridgehead atoms. The molecule has 0 unspecified atom stereocenters. The molecule has 1 amide bonds. The number of imidazole rings is 1. The van der Waals surface area contributed by atoms with Crippen LogP contribution in [0.4, 0.5) is 0 Å². The summed E-state index contributed by atoms with van der Waals surface area (Å²) < 4.78 is 1.87. The van der Waals surface area contributed by atoms with Gasteiger partial charge in [0.05, 0.1) is 12.0 Å². The van der Waals surface area contributed by atoms with E-state index < -0.39 is 11.5 Å². The Labute approximate surface area is 144 Å². The number of nitrogens with one attached hydrogen (secondary N) is 2. The van der Waals surface area contributed by atoms with E-state index in [0.29, 0.717) is 12.4 Å². The number of benzene rings is 1. The van der Waals surface area contributed by atoms with E-state index >= 15 is 0 Å². The van der Waals surface area contributed by atoms with Crippen LogP contribution in [-0.2, 0) is 6.54 Å². The second-order valence-electron chi connectivity index (χ2n) is 5.95. The molecule has 128 valence electrons. The molecular formula is C18H19N5O2. The summed E-state index contributed by atoms with van der Waals surface area (Å²) in [6.07, 6.45) is 6.54. The number of carbonyl (C=O) groups excluding carboxylic acids is 1. The normalized spacial score (nSPS) is 10.8. The number of nitrogens with zero attached hydrogens (tertiary/aromatic N) is 3. The first-order chi connectivity index (χ1) is 12.1. The molecule has 7 nitrogen and oxygen atoms in total. The van der Waals surface area contributed by atoms with Crippen molar-refractivity contribution >= 4 is 5.91 Å². The number of rotatable bonds is 5. The Morgan fingerprint density at radius 3 is 2.80 bits per heavy atom. The summed E-state index contributed by atoms with van der Waals surface area (Å²) >= 11 is 0. The van der Waals surface area contributed by atoms with Crippen LogP contribution in [0, 0.1) is 0 Å². The Morgan fingerprint density at radius 2 is 2.12 bits per heavy atom. The lowest BCUT2D eigenvalue weighted by Gasteiger charge is -2.11. The van der Waals surface area contributed by atoms with Gasteiger partial charge in [-0.1, -0.05) is 32.0 Å². The predicted octanol–water partition coefficient (Wildman–Crippen LogP) is 2.01. The maximum Gasteiger partial charge on any atom is 0.263 e. The molecule has 0 aliphatic carbocycles. The van der Waals surface area contributed by atoms with Gasteiger partial charge in [-0.3, -0.25) is 9.59 Å². The Bertz CT molecular complexity index is 929. The minimum Gasteiger partial charge on any atom is -0.348 e.